The van der Waals surface area contributed by atoms with Crippen LogP contribution in [-0.2, 0) is 12.8 Å². The Labute approximate surface area is 74.5 Å². The third kappa shape index (κ3) is 2.04. The third-order valence-corrected chi connectivity index (χ3v) is 1.94. The van der Waals surface area contributed by atoms with Crippen molar-refractivity contribution in [1.29, 1.82) is 0 Å². The molecule has 0 aliphatic rings. The molecule has 0 amide bonds. The van der Waals surface area contributed by atoms with Crippen LogP contribution in [0.2, 0.25) is 0 Å². The number of imidazole rings is 1. The van der Waals surface area contributed by atoms with E-state index >= 15 is 0 Å². The number of aromatic amines is 1. The Hall–Kier alpha value is -0.350. The minimum Gasteiger partial charge on any atom is -0.336 e. The molecular formula is C7H12BrN3. The SMILES string of the molecule is CCc1nc(Br)[nH]c1CCN. The Morgan fingerprint density at radius 1 is 1.64 bits per heavy atom. The van der Waals surface area contributed by atoms with Gasteiger partial charge in [0.15, 0.2) is 4.73 Å². The largest absolute Gasteiger partial charge is 0.336 e. The van der Waals surface area contributed by atoms with Gasteiger partial charge in [0.25, 0.3) is 0 Å². The minimum atomic E-state index is 0.668. The Balaban J connectivity index is 2.83. The topological polar surface area (TPSA) is 54.7 Å². The number of nitrogens with one attached hydrogen (secondary N) is 1. The van der Waals surface area contributed by atoms with Crippen LogP contribution in [0.3, 0.4) is 0 Å². The number of halogens is 1. The van der Waals surface area contributed by atoms with Gasteiger partial charge in [-0.1, -0.05) is 6.92 Å². The second-order valence-corrected chi connectivity index (χ2v) is 3.10. The summed E-state index contributed by atoms with van der Waals surface area (Å²) in [5.74, 6) is 0. The molecule has 1 heterocycles. The van der Waals surface area contributed by atoms with Crippen LogP contribution in [-0.4, -0.2) is 16.5 Å². The standard InChI is InChI=1S/C7H12BrN3/c1-2-5-6(3-4-9)11-7(8)10-5/h2-4,9H2,1H3,(H,10,11). The minimum absolute atomic E-state index is 0.668. The lowest BCUT2D eigenvalue weighted by molar-refractivity contribution is 0.903. The van der Waals surface area contributed by atoms with Crippen LogP contribution >= 0.6 is 15.9 Å². The van der Waals surface area contributed by atoms with Gasteiger partial charge in [-0.25, -0.2) is 4.98 Å². The van der Waals surface area contributed by atoms with E-state index in [1.807, 2.05) is 0 Å². The van der Waals surface area contributed by atoms with Gasteiger partial charge in [0.1, 0.15) is 0 Å². The van der Waals surface area contributed by atoms with Gasteiger partial charge in [-0.2, -0.15) is 0 Å². The predicted octanol–water partition coefficient (Wildman–Crippen LogP) is 1.24. The van der Waals surface area contributed by atoms with Crippen LogP contribution in [0.5, 0.6) is 0 Å². The normalized spacial score (nSPS) is 10.5. The molecule has 0 spiro atoms. The highest BCUT2D eigenvalue weighted by Gasteiger charge is 2.04. The average Bonchev–Trinajstić information content (AvgIpc) is 2.32. The fourth-order valence-corrected chi connectivity index (χ4v) is 1.51. The predicted molar refractivity (Wildman–Crippen MR) is 48.4 cm³/mol. The van der Waals surface area contributed by atoms with Crippen molar-refractivity contribution in [2.75, 3.05) is 6.54 Å². The quantitative estimate of drug-likeness (QED) is 0.801. The summed E-state index contributed by atoms with van der Waals surface area (Å²) in [6, 6.07) is 0. The third-order valence-electron chi connectivity index (χ3n) is 1.56. The smallest absolute Gasteiger partial charge is 0.174 e. The molecule has 4 heteroatoms. The molecule has 0 radical (unpaired) electrons. The molecule has 0 saturated heterocycles. The van der Waals surface area contributed by atoms with Crippen LogP contribution in [0.15, 0.2) is 4.73 Å². The molecule has 62 valence electrons. The van der Waals surface area contributed by atoms with E-state index in [0.29, 0.717) is 6.54 Å². The zero-order chi connectivity index (χ0) is 8.27. The van der Waals surface area contributed by atoms with Gasteiger partial charge in [-0.15, -0.1) is 0 Å². The van der Waals surface area contributed by atoms with Crippen LogP contribution < -0.4 is 5.73 Å². The second kappa shape index (κ2) is 3.88. The van der Waals surface area contributed by atoms with E-state index in [2.05, 4.69) is 32.8 Å². The molecule has 0 bridgehead atoms. The van der Waals surface area contributed by atoms with Crippen molar-refractivity contribution in [2.45, 2.75) is 19.8 Å². The van der Waals surface area contributed by atoms with Gasteiger partial charge in [-0.05, 0) is 28.9 Å². The molecule has 3 N–H and O–H groups in total. The van der Waals surface area contributed by atoms with Crippen LogP contribution in [0, 0.1) is 0 Å². The van der Waals surface area contributed by atoms with Crippen LogP contribution in [0.4, 0.5) is 0 Å². The molecule has 1 rings (SSSR count). The average molecular weight is 218 g/mol. The van der Waals surface area contributed by atoms with Crippen molar-refractivity contribution in [3.05, 3.63) is 16.1 Å². The van der Waals surface area contributed by atoms with E-state index in [4.69, 9.17) is 5.73 Å². The van der Waals surface area contributed by atoms with E-state index in [0.717, 1.165) is 29.0 Å². The zero-order valence-corrected chi connectivity index (χ0v) is 8.11. The van der Waals surface area contributed by atoms with E-state index in [1.165, 1.54) is 0 Å². The molecule has 0 unspecified atom stereocenters. The first-order valence-electron chi connectivity index (χ1n) is 3.71. The number of aryl methyl sites for hydroxylation is 1. The molecule has 11 heavy (non-hydrogen) atoms. The van der Waals surface area contributed by atoms with Gasteiger partial charge in [0.05, 0.1) is 5.69 Å². The van der Waals surface area contributed by atoms with E-state index in [1.54, 1.807) is 0 Å². The number of nitrogens with zero attached hydrogens (tertiary/aromatic N) is 1. The van der Waals surface area contributed by atoms with Crippen LogP contribution in [0.1, 0.15) is 18.3 Å². The van der Waals surface area contributed by atoms with E-state index in [-0.39, 0.29) is 0 Å². The maximum atomic E-state index is 5.43. The Bertz CT molecular complexity index is 232. The summed E-state index contributed by atoms with van der Waals surface area (Å²) in [6.07, 6.45) is 1.83. The summed E-state index contributed by atoms with van der Waals surface area (Å²) in [7, 11) is 0. The van der Waals surface area contributed by atoms with E-state index in [9.17, 15) is 0 Å². The zero-order valence-electron chi connectivity index (χ0n) is 6.52. The van der Waals surface area contributed by atoms with E-state index < -0.39 is 0 Å². The molecule has 3 nitrogen and oxygen atoms in total. The monoisotopic (exact) mass is 217 g/mol. The molecule has 1 aromatic heterocycles. The highest BCUT2D eigenvalue weighted by molar-refractivity contribution is 9.10. The molecule has 0 aliphatic carbocycles. The van der Waals surface area contributed by atoms with Crippen molar-refractivity contribution in [3.8, 4) is 0 Å². The molecular weight excluding hydrogens is 206 g/mol. The molecule has 0 aliphatic heterocycles. The summed E-state index contributed by atoms with van der Waals surface area (Å²) >= 11 is 3.29. The fraction of sp³-hybridized carbons (Fsp3) is 0.571. The lowest BCUT2D eigenvalue weighted by atomic mass is 10.2. The van der Waals surface area contributed by atoms with Crippen molar-refractivity contribution < 1.29 is 0 Å². The van der Waals surface area contributed by atoms with Gasteiger partial charge >= 0.3 is 0 Å². The number of H-pyrrole nitrogens is 1. The second-order valence-electron chi connectivity index (χ2n) is 2.35. The lowest BCUT2D eigenvalue weighted by Gasteiger charge is -1.95. The summed E-state index contributed by atoms with van der Waals surface area (Å²) in [5, 5.41) is 0. The van der Waals surface area contributed by atoms with Gasteiger partial charge in [0.2, 0.25) is 0 Å². The summed E-state index contributed by atoms with van der Waals surface area (Å²) < 4.78 is 0.804. The molecule has 0 aromatic carbocycles. The first-order chi connectivity index (χ1) is 5.27. The number of hydrogen-bond acceptors (Lipinski definition) is 2. The Morgan fingerprint density at radius 2 is 2.36 bits per heavy atom. The van der Waals surface area contributed by atoms with Crippen molar-refractivity contribution in [2.24, 2.45) is 5.73 Å². The van der Waals surface area contributed by atoms with Crippen molar-refractivity contribution >= 4 is 15.9 Å². The Kier molecular flexibility index (Phi) is 3.08. The first kappa shape index (κ1) is 8.74. The first-order valence-corrected chi connectivity index (χ1v) is 4.50. The molecule has 0 saturated carbocycles. The van der Waals surface area contributed by atoms with Gasteiger partial charge in [0, 0.05) is 12.1 Å². The number of rotatable bonds is 3. The summed E-state index contributed by atoms with van der Waals surface area (Å²) in [4.78, 5) is 7.38. The summed E-state index contributed by atoms with van der Waals surface area (Å²) in [6.45, 7) is 2.75. The van der Waals surface area contributed by atoms with Crippen molar-refractivity contribution in [3.63, 3.8) is 0 Å². The van der Waals surface area contributed by atoms with Crippen LogP contribution in [0.25, 0.3) is 0 Å². The highest BCUT2D eigenvalue weighted by Crippen LogP contribution is 2.11. The maximum absolute atomic E-state index is 5.43. The van der Waals surface area contributed by atoms with Gasteiger partial charge in [-0.3, -0.25) is 0 Å². The molecule has 0 atom stereocenters. The number of aromatic nitrogens is 2. The number of hydrogen-bond donors (Lipinski definition) is 2. The van der Waals surface area contributed by atoms with Crippen molar-refractivity contribution in [1.82, 2.24) is 9.97 Å². The summed E-state index contributed by atoms with van der Waals surface area (Å²) in [5.41, 5.74) is 7.70. The Morgan fingerprint density at radius 3 is 2.91 bits per heavy atom. The molecule has 0 fully saturated rings. The molecule has 1 aromatic rings. The fourth-order valence-electron chi connectivity index (χ4n) is 1.05. The number of nitrogens with two attached hydrogens (primary N) is 1. The van der Waals surface area contributed by atoms with Gasteiger partial charge < -0.3 is 10.7 Å². The maximum Gasteiger partial charge on any atom is 0.174 e. The lowest BCUT2D eigenvalue weighted by Crippen LogP contribution is -2.04. The highest BCUT2D eigenvalue weighted by atomic mass is 79.9.